The van der Waals surface area contributed by atoms with E-state index < -0.39 is 39.3 Å². The summed E-state index contributed by atoms with van der Waals surface area (Å²) in [5.41, 5.74) is -0.992. The molecule has 0 N–H and O–H groups in total. The maximum atomic E-state index is 11.1. The predicted molar refractivity (Wildman–Crippen MR) is 65.9 cm³/mol. The topological polar surface area (TPSA) is 113 Å². The number of esters is 2. The average Bonchev–Trinajstić information content (AvgIpc) is 2.28. The van der Waals surface area contributed by atoms with Crippen LogP contribution in [0.15, 0.2) is 12.1 Å². The van der Waals surface area contributed by atoms with Crippen molar-refractivity contribution in [3.8, 4) is 11.5 Å². The lowest BCUT2D eigenvalue weighted by molar-refractivity contribution is -0.385. The standard InChI is InChI=1S/C11H8ClNO7/c1-5(14)19-9-4-7(11(12)16)3-8(13(17)18)10(9)20-6(2)15/h3-4H,1-2H3. The fraction of sp³-hybridized carbons (Fsp3) is 0.182. The molecule has 0 radical (unpaired) electrons. The Morgan fingerprint density at radius 3 is 2.10 bits per heavy atom. The van der Waals surface area contributed by atoms with Gasteiger partial charge in [-0.3, -0.25) is 24.5 Å². The van der Waals surface area contributed by atoms with E-state index in [1.165, 1.54) is 0 Å². The van der Waals surface area contributed by atoms with Gasteiger partial charge < -0.3 is 9.47 Å². The minimum absolute atomic E-state index is 0.273. The van der Waals surface area contributed by atoms with Gasteiger partial charge in [0.25, 0.3) is 11.0 Å². The van der Waals surface area contributed by atoms with E-state index in [1.807, 2.05) is 0 Å². The molecule has 9 heteroatoms. The molecule has 8 nitrogen and oxygen atoms in total. The van der Waals surface area contributed by atoms with Crippen LogP contribution in [-0.2, 0) is 9.59 Å². The van der Waals surface area contributed by atoms with Crippen molar-refractivity contribution < 1.29 is 28.8 Å². The van der Waals surface area contributed by atoms with Crippen LogP contribution in [0.25, 0.3) is 0 Å². The van der Waals surface area contributed by atoms with Gasteiger partial charge in [0.1, 0.15) is 0 Å². The van der Waals surface area contributed by atoms with E-state index in [-0.39, 0.29) is 5.56 Å². The fourth-order valence-corrected chi connectivity index (χ4v) is 1.42. The van der Waals surface area contributed by atoms with Gasteiger partial charge in [0.2, 0.25) is 0 Å². The Kier molecular flexibility index (Phi) is 4.76. The van der Waals surface area contributed by atoms with Gasteiger partial charge in [-0.05, 0) is 17.7 Å². The molecule has 0 heterocycles. The normalized spacial score (nSPS) is 9.75. The molecular formula is C11H8ClNO7. The second-order valence-electron chi connectivity index (χ2n) is 3.54. The highest BCUT2D eigenvalue weighted by atomic mass is 35.5. The molecule has 1 aromatic carbocycles. The van der Waals surface area contributed by atoms with Crippen molar-refractivity contribution in [2.45, 2.75) is 13.8 Å². The van der Waals surface area contributed by atoms with Crippen LogP contribution in [0.5, 0.6) is 11.5 Å². The first-order valence-corrected chi connectivity index (χ1v) is 5.49. The molecule has 0 aliphatic rings. The molecule has 0 atom stereocenters. The zero-order chi connectivity index (χ0) is 15.4. The van der Waals surface area contributed by atoms with E-state index >= 15 is 0 Å². The van der Waals surface area contributed by atoms with E-state index in [1.54, 1.807) is 0 Å². The summed E-state index contributed by atoms with van der Waals surface area (Å²) in [6.45, 7) is 2.06. The zero-order valence-corrected chi connectivity index (χ0v) is 11.1. The minimum Gasteiger partial charge on any atom is -0.422 e. The summed E-state index contributed by atoms with van der Waals surface area (Å²) in [4.78, 5) is 43.1. The Morgan fingerprint density at radius 1 is 1.15 bits per heavy atom. The summed E-state index contributed by atoms with van der Waals surface area (Å²) in [5.74, 6) is -2.68. The van der Waals surface area contributed by atoms with Crippen LogP contribution in [-0.4, -0.2) is 22.1 Å². The molecule has 0 bridgehead atoms. The molecule has 0 fully saturated rings. The van der Waals surface area contributed by atoms with E-state index in [0.717, 1.165) is 26.0 Å². The molecule has 0 saturated carbocycles. The number of carbonyl (C=O) groups is 3. The van der Waals surface area contributed by atoms with Crippen molar-refractivity contribution in [2.75, 3.05) is 0 Å². The van der Waals surface area contributed by atoms with Crippen LogP contribution in [0.4, 0.5) is 5.69 Å². The highest BCUT2D eigenvalue weighted by molar-refractivity contribution is 6.67. The molecule has 0 saturated heterocycles. The van der Waals surface area contributed by atoms with Gasteiger partial charge >= 0.3 is 17.6 Å². The van der Waals surface area contributed by atoms with Crippen molar-refractivity contribution in [3.63, 3.8) is 0 Å². The van der Waals surface area contributed by atoms with Crippen LogP contribution in [0.2, 0.25) is 0 Å². The number of rotatable bonds is 4. The predicted octanol–water partition coefficient (Wildman–Crippen LogP) is 1.82. The lowest BCUT2D eigenvalue weighted by Gasteiger charge is -2.09. The first kappa shape index (κ1) is 15.6. The van der Waals surface area contributed by atoms with Gasteiger partial charge in [-0.15, -0.1) is 0 Å². The van der Waals surface area contributed by atoms with Crippen molar-refractivity contribution in [2.24, 2.45) is 0 Å². The second kappa shape index (κ2) is 6.11. The van der Waals surface area contributed by atoms with E-state index in [2.05, 4.69) is 4.74 Å². The number of carbonyl (C=O) groups excluding carboxylic acids is 3. The number of nitro groups is 1. The maximum absolute atomic E-state index is 11.1. The first-order chi connectivity index (χ1) is 9.22. The molecular weight excluding hydrogens is 294 g/mol. The van der Waals surface area contributed by atoms with Crippen LogP contribution in [0.1, 0.15) is 24.2 Å². The van der Waals surface area contributed by atoms with Crippen molar-refractivity contribution >= 4 is 34.5 Å². The molecule has 0 aliphatic heterocycles. The zero-order valence-electron chi connectivity index (χ0n) is 10.3. The smallest absolute Gasteiger partial charge is 0.316 e. The summed E-state index contributed by atoms with van der Waals surface area (Å²) in [7, 11) is 0. The lowest BCUT2D eigenvalue weighted by Crippen LogP contribution is -2.10. The van der Waals surface area contributed by atoms with Crippen LogP contribution >= 0.6 is 11.6 Å². The number of nitrogens with zero attached hydrogens (tertiary/aromatic N) is 1. The second-order valence-corrected chi connectivity index (χ2v) is 3.88. The van der Waals surface area contributed by atoms with Crippen molar-refractivity contribution in [3.05, 3.63) is 27.8 Å². The summed E-state index contributed by atoms with van der Waals surface area (Å²) in [6, 6.07) is 1.79. The Hall–Kier alpha value is -2.48. The number of halogens is 1. The third kappa shape index (κ3) is 3.75. The van der Waals surface area contributed by atoms with Gasteiger partial charge in [-0.2, -0.15) is 0 Å². The van der Waals surface area contributed by atoms with E-state index in [9.17, 15) is 24.5 Å². The number of hydrogen-bond donors (Lipinski definition) is 0. The number of benzene rings is 1. The monoisotopic (exact) mass is 301 g/mol. The molecule has 20 heavy (non-hydrogen) atoms. The van der Waals surface area contributed by atoms with Crippen LogP contribution < -0.4 is 9.47 Å². The third-order valence-corrected chi connectivity index (χ3v) is 2.18. The van der Waals surface area contributed by atoms with Gasteiger partial charge in [0, 0.05) is 25.5 Å². The Morgan fingerprint density at radius 2 is 1.70 bits per heavy atom. The number of ether oxygens (including phenoxy) is 2. The molecule has 0 amide bonds. The molecule has 0 aromatic heterocycles. The number of hydrogen-bond acceptors (Lipinski definition) is 7. The SMILES string of the molecule is CC(=O)Oc1cc(C(=O)Cl)cc([N+](=O)[O-])c1OC(C)=O. The van der Waals surface area contributed by atoms with Gasteiger partial charge in [0.05, 0.1) is 4.92 Å². The van der Waals surface area contributed by atoms with Crippen LogP contribution in [0, 0.1) is 10.1 Å². The summed E-state index contributed by atoms with van der Waals surface area (Å²) in [5, 5.41) is 9.95. The first-order valence-electron chi connectivity index (χ1n) is 5.11. The molecule has 0 unspecified atom stereocenters. The Labute approximate surface area is 117 Å². The van der Waals surface area contributed by atoms with E-state index in [0.29, 0.717) is 0 Å². The van der Waals surface area contributed by atoms with Gasteiger partial charge in [-0.25, -0.2) is 0 Å². The van der Waals surface area contributed by atoms with Gasteiger partial charge in [0.15, 0.2) is 5.75 Å². The van der Waals surface area contributed by atoms with Crippen molar-refractivity contribution in [1.29, 1.82) is 0 Å². The third-order valence-electron chi connectivity index (χ3n) is 1.96. The van der Waals surface area contributed by atoms with Crippen molar-refractivity contribution in [1.82, 2.24) is 0 Å². The summed E-state index contributed by atoms with van der Waals surface area (Å²) in [6.07, 6.45) is 0. The molecule has 1 aromatic rings. The minimum atomic E-state index is -0.990. The summed E-state index contributed by atoms with van der Waals surface area (Å²) >= 11 is 5.24. The molecule has 0 spiro atoms. The highest BCUT2D eigenvalue weighted by Gasteiger charge is 2.26. The molecule has 106 valence electrons. The van der Waals surface area contributed by atoms with E-state index in [4.69, 9.17) is 16.3 Å². The summed E-state index contributed by atoms with van der Waals surface area (Å²) < 4.78 is 9.36. The largest absolute Gasteiger partial charge is 0.422 e. The molecule has 0 aliphatic carbocycles. The number of nitro benzene ring substituents is 1. The Bertz CT molecular complexity index is 611. The fourth-order valence-electron chi connectivity index (χ4n) is 1.31. The maximum Gasteiger partial charge on any atom is 0.316 e. The van der Waals surface area contributed by atoms with Crippen LogP contribution in [0.3, 0.4) is 0 Å². The Balaban J connectivity index is 3.56. The highest BCUT2D eigenvalue weighted by Crippen LogP contribution is 2.39. The average molecular weight is 302 g/mol. The van der Waals surface area contributed by atoms with Gasteiger partial charge in [-0.1, -0.05) is 0 Å². The molecule has 1 rings (SSSR count). The lowest BCUT2D eigenvalue weighted by atomic mass is 10.2. The quantitative estimate of drug-likeness (QED) is 0.274.